The SMILES string of the molecule is CSC1(CN=C(N)NC2CCCC2)CC1. The van der Waals surface area contributed by atoms with Crippen LogP contribution in [-0.2, 0) is 0 Å². The molecule has 2 aliphatic carbocycles. The Kier molecular flexibility index (Phi) is 3.44. The summed E-state index contributed by atoms with van der Waals surface area (Å²) < 4.78 is 0.433. The predicted octanol–water partition coefficient (Wildman–Crippen LogP) is 1.73. The van der Waals surface area contributed by atoms with Crippen molar-refractivity contribution in [2.75, 3.05) is 12.8 Å². The minimum absolute atomic E-state index is 0.433. The number of nitrogens with one attached hydrogen (secondary N) is 1. The summed E-state index contributed by atoms with van der Waals surface area (Å²) in [5.41, 5.74) is 5.87. The number of thioether (sulfide) groups is 1. The second kappa shape index (κ2) is 4.64. The third kappa shape index (κ3) is 3.03. The Labute approximate surface area is 96.3 Å². The summed E-state index contributed by atoms with van der Waals surface area (Å²) in [6.45, 7) is 0.889. The molecule has 2 rings (SSSR count). The van der Waals surface area contributed by atoms with E-state index in [1.54, 1.807) is 0 Å². The van der Waals surface area contributed by atoms with Crippen LogP contribution < -0.4 is 11.1 Å². The van der Waals surface area contributed by atoms with Gasteiger partial charge >= 0.3 is 0 Å². The maximum atomic E-state index is 5.87. The Morgan fingerprint density at radius 3 is 2.67 bits per heavy atom. The number of aliphatic imine (C=N–C) groups is 1. The second-order valence-electron chi connectivity index (χ2n) is 4.71. The molecular weight excluding hydrogens is 206 g/mol. The van der Waals surface area contributed by atoms with Gasteiger partial charge in [-0.15, -0.1) is 0 Å². The summed E-state index contributed by atoms with van der Waals surface area (Å²) in [5.74, 6) is 0.655. The molecule has 2 saturated carbocycles. The first-order chi connectivity index (χ1) is 7.24. The molecule has 0 aromatic rings. The van der Waals surface area contributed by atoms with E-state index in [0.29, 0.717) is 16.7 Å². The van der Waals surface area contributed by atoms with Crippen molar-refractivity contribution in [2.24, 2.45) is 10.7 Å². The van der Waals surface area contributed by atoms with E-state index in [1.807, 2.05) is 11.8 Å². The van der Waals surface area contributed by atoms with Gasteiger partial charge in [0.05, 0.1) is 6.54 Å². The van der Waals surface area contributed by atoms with E-state index in [2.05, 4.69) is 16.6 Å². The van der Waals surface area contributed by atoms with Crippen molar-refractivity contribution < 1.29 is 0 Å². The molecule has 2 aliphatic rings. The van der Waals surface area contributed by atoms with E-state index in [-0.39, 0.29) is 0 Å². The number of guanidine groups is 1. The summed E-state index contributed by atoms with van der Waals surface area (Å²) in [7, 11) is 0. The van der Waals surface area contributed by atoms with E-state index >= 15 is 0 Å². The molecule has 0 aromatic carbocycles. The molecule has 15 heavy (non-hydrogen) atoms. The van der Waals surface area contributed by atoms with Crippen molar-refractivity contribution in [1.29, 1.82) is 0 Å². The van der Waals surface area contributed by atoms with Gasteiger partial charge in [0.1, 0.15) is 0 Å². The van der Waals surface area contributed by atoms with Crippen LogP contribution in [0.25, 0.3) is 0 Å². The minimum atomic E-state index is 0.433. The molecule has 0 radical (unpaired) electrons. The summed E-state index contributed by atoms with van der Waals surface area (Å²) in [5, 5.41) is 3.32. The summed E-state index contributed by atoms with van der Waals surface area (Å²) >= 11 is 1.93. The van der Waals surface area contributed by atoms with Crippen molar-refractivity contribution in [1.82, 2.24) is 5.32 Å². The van der Waals surface area contributed by atoms with Crippen LogP contribution >= 0.6 is 11.8 Å². The molecule has 0 spiro atoms. The molecule has 4 heteroatoms. The van der Waals surface area contributed by atoms with Gasteiger partial charge in [-0.25, -0.2) is 0 Å². The third-order valence-electron chi connectivity index (χ3n) is 3.49. The zero-order chi connectivity index (χ0) is 10.7. The molecule has 3 nitrogen and oxygen atoms in total. The number of nitrogens with zero attached hydrogens (tertiary/aromatic N) is 1. The van der Waals surface area contributed by atoms with Gasteiger partial charge in [-0.05, 0) is 31.9 Å². The zero-order valence-electron chi connectivity index (χ0n) is 9.46. The number of hydrogen-bond donors (Lipinski definition) is 2. The first kappa shape index (κ1) is 11.1. The second-order valence-corrected chi connectivity index (χ2v) is 5.99. The van der Waals surface area contributed by atoms with Crippen LogP contribution in [0, 0.1) is 0 Å². The lowest BCUT2D eigenvalue weighted by Gasteiger charge is -2.14. The fraction of sp³-hybridized carbons (Fsp3) is 0.909. The van der Waals surface area contributed by atoms with Crippen molar-refractivity contribution in [3.63, 3.8) is 0 Å². The molecule has 0 atom stereocenters. The van der Waals surface area contributed by atoms with Gasteiger partial charge in [0.25, 0.3) is 0 Å². The molecule has 0 unspecified atom stereocenters. The Bertz CT molecular complexity index is 242. The van der Waals surface area contributed by atoms with Crippen LogP contribution in [-0.4, -0.2) is 29.5 Å². The molecule has 0 heterocycles. The van der Waals surface area contributed by atoms with Crippen LogP contribution in [0.4, 0.5) is 0 Å². The fourth-order valence-corrected chi connectivity index (χ4v) is 2.82. The predicted molar refractivity (Wildman–Crippen MR) is 67.4 cm³/mol. The van der Waals surface area contributed by atoms with E-state index in [9.17, 15) is 0 Å². The molecule has 86 valence electrons. The topological polar surface area (TPSA) is 50.4 Å². The summed E-state index contributed by atoms with van der Waals surface area (Å²) in [6, 6.07) is 0.582. The summed E-state index contributed by atoms with van der Waals surface area (Å²) in [4.78, 5) is 4.46. The fourth-order valence-electron chi connectivity index (χ4n) is 2.12. The first-order valence-electron chi connectivity index (χ1n) is 5.86. The number of hydrogen-bond acceptors (Lipinski definition) is 2. The van der Waals surface area contributed by atoms with Gasteiger partial charge in [0.15, 0.2) is 5.96 Å². The number of nitrogens with two attached hydrogens (primary N) is 1. The van der Waals surface area contributed by atoms with E-state index in [4.69, 9.17) is 5.73 Å². The molecule has 3 N–H and O–H groups in total. The lowest BCUT2D eigenvalue weighted by molar-refractivity contribution is 0.625. The lowest BCUT2D eigenvalue weighted by atomic mass is 10.2. The first-order valence-corrected chi connectivity index (χ1v) is 7.08. The largest absolute Gasteiger partial charge is 0.370 e. The molecule has 0 aromatic heterocycles. The van der Waals surface area contributed by atoms with Gasteiger partial charge in [-0.2, -0.15) is 11.8 Å². The molecule has 0 amide bonds. The monoisotopic (exact) mass is 227 g/mol. The van der Waals surface area contributed by atoms with Gasteiger partial charge in [-0.3, -0.25) is 4.99 Å². The highest BCUT2D eigenvalue weighted by molar-refractivity contribution is 8.00. The van der Waals surface area contributed by atoms with E-state index in [0.717, 1.165) is 6.54 Å². The van der Waals surface area contributed by atoms with Crippen molar-refractivity contribution in [3.8, 4) is 0 Å². The Morgan fingerprint density at radius 2 is 2.13 bits per heavy atom. The van der Waals surface area contributed by atoms with Gasteiger partial charge < -0.3 is 11.1 Å². The highest BCUT2D eigenvalue weighted by atomic mass is 32.2. The minimum Gasteiger partial charge on any atom is -0.370 e. The van der Waals surface area contributed by atoms with Gasteiger partial charge in [0.2, 0.25) is 0 Å². The highest BCUT2D eigenvalue weighted by Gasteiger charge is 2.41. The van der Waals surface area contributed by atoms with Gasteiger partial charge in [-0.1, -0.05) is 12.8 Å². The average molecular weight is 227 g/mol. The molecule has 0 saturated heterocycles. The van der Waals surface area contributed by atoms with Crippen molar-refractivity contribution in [3.05, 3.63) is 0 Å². The van der Waals surface area contributed by atoms with Crippen LogP contribution in [0.2, 0.25) is 0 Å². The highest BCUT2D eigenvalue weighted by Crippen LogP contribution is 2.47. The van der Waals surface area contributed by atoms with Crippen LogP contribution in [0.15, 0.2) is 4.99 Å². The van der Waals surface area contributed by atoms with Crippen molar-refractivity contribution in [2.45, 2.75) is 49.3 Å². The van der Waals surface area contributed by atoms with Crippen molar-refractivity contribution >= 4 is 17.7 Å². The maximum absolute atomic E-state index is 5.87. The van der Waals surface area contributed by atoms with E-state index < -0.39 is 0 Å². The maximum Gasteiger partial charge on any atom is 0.188 e. The average Bonchev–Trinajstić information content (AvgIpc) is 2.86. The smallest absolute Gasteiger partial charge is 0.188 e. The molecule has 0 aliphatic heterocycles. The molecular formula is C11H21N3S. The van der Waals surface area contributed by atoms with Crippen LogP contribution in [0.3, 0.4) is 0 Å². The lowest BCUT2D eigenvalue weighted by Crippen LogP contribution is -2.39. The zero-order valence-corrected chi connectivity index (χ0v) is 10.3. The quantitative estimate of drug-likeness (QED) is 0.568. The Morgan fingerprint density at radius 1 is 1.47 bits per heavy atom. The number of rotatable bonds is 4. The Hall–Kier alpha value is -0.380. The molecule has 2 fully saturated rings. The van der Waals surface area contributed by atoms with Gasteiger partial charge in [0, 0.05) is 10.8 Å². The normalized spacial score (nSPS) is 25.5. The summed E-state index contributed by atoms with van der Waals surface area (Å²) in [6.07, 6.45) is 9.94. The van der Waals surface area contributed by atoms with Crippen LogP contribution in [0.1, 0.15) is 38.5 Å². The van der Waals surface area contributed by atoms with Crippen LogP contribution in [0.5, 0.6) is 0 Å². The standard InChI is InChI=1S/C11H21N3S/c1-15-11(6-7-11)8-13-10(12)14-9-4-2-3-5-9/h9H,2-8H2,1H3,(H3,12,13,14). The molecule has 0 bridgehead atoms. The van der Waals surface area contributed by atoms with E-state index in [1.165, 1.54) is 38.5 Å². The Balaban J connectivity index is 1.74. The third-order valence-corrected chi connectivity index (χ3v) is 4.89.